The van der Waals surface area contributed by atoms with E-state index in [-0.39, 0.29) is 5.91 Å². The normalized spacial score (nSPS) is 10.6. The van der Waals surface area contributed by atoms with Gasteiger partial charge in [-0.25, -0.2) is 9.97 Å². The van der Waals surface area contributed by atoms with Crippen molar-refractivity contribution < 1.29 is 4.79 Å². The van der Waals surface area contributed by atoms with E-state index >= 15 is 0 Å². The summed E-state index contributed by atoms with van der Waals surface area (Å²) in [4.78, 5) is 25.7. The average Bonchev–Trinajstić information content (AvgIpc) is 2.77. The molecule has 3 N–H and O–H groups in total. The van der Waals surface area contributed by atoms with Crippen LogP contribution in [0, 0.1) is 13.8 Å². The first-order valence-electron chi connectivity index (χ1n) is 10.1. The minimum atomic E-state index is -0.209. The van der Waals surface area contributed by atoms with Gasteiger partial charge in [-0.05, 0) is 38.1 Å². The van der Waals surface area contributed by atoms with Gasteiger partial charge in [-0.3, -0.25) is 4.79 Å². The molecule has 0 fully saturated rings. The second-order valence-corrected chi connectivity index (χ2v) is 7.28. The second kappa shape index (κ2) is 9.21. The standard InChI is InChI=1S/C24H24N6O/c1-16-7-10-19(11-8-16)28-22-15-17(2)27-24(30-22)26-14-13-25-23(31)21-12-9-18-5-3-4-6-20(18)29-21/h3-12,15H,13-14H2,1-2H3,(H,25,31)(H2,26,27,28,30). The summed E-state index contributed by atoms with van der Waals surface area (Å²) < 4.78 is 0. The molecule has 2 heterocycles. The van der Waals surface area contributed by atoms with Gasteiger partial charge in [0.25, 0.3) is 5.91 Å². The lowest BCUT2D eigenvalue weighted by Gasteiger charge is -2.11. The van der Waals surface area contributed by atoms with E-state index < -0.39 is 0 Å². The van der Waals surface area contributed by atoms with Crippen LogP contribution in [0.2, 0.25) is 0 Å². The number of carbonyl (C=O) groups excluding carboxylic acids is 1. The third-order valence-corrected chi connectivity index (χ3v) is 4.70. The zero-order valence-corrected chi connectivity index (χ0v) is 17.5. The van der Waals surface area contributed by atoms with Crippen LogP contribution in [0.4, 0.5) is 17.5 Å². The quantitative estimate of drug-likeness (QED) is 0.394. The average molecular weight is 412 g/mol. The lowest BCUT2D eigenvalue weighted by Crippen LogP contribution is -2.29. The molecule has 0 unspecified atom stereocenters. The second-order valence-electron chi connectivity index (χ2n) is 7.28. The molecule has 0 radical (unpaired) electrons. The molecule has 2 aromatic carbocycles. The smallest absolute Gasteiger partial charge is 0.269 e. The molecule has 0 saturated heterocycles. The van der Waals surface area contributed by atoms with Gasteiger partial charge in [0.1, 0.15) is 11.5 Å². The van der Waals surface area contributed by atoms with Gasteiger partial charge in [-0.15, -0.1) is 0 Å². The number of fused-ring (bicyclic) bond motifs is 1. The summed E-state index contributed by atoms with van der Waals surface area (Å²) in [5, 5.41) is 10.3. The van der Waals surface area contributed by atoms with Crippen LogP contribution in [0.15, 0.2) is 66.7 Å². The van der Waals surface area contributed by atoms with Crippen LogP contribution in [-0.2, 0) is 0 Å². The van der Waals surface area contributed by atoms with Crippen molar-refractivity contribution in [1.29, 1.82) is 0 Å². The molecule has 2 aromatic heterocycles. The summed E-state index contributed by atoms with van der Waals surface area (Å²) in [5.41, 5.74) is 4.21. The fourth-order valence-electron chi connectivity index (χ4n) is 3.13. The highest BCUT2D eigenvalue weighted by atomic mass is 16.1. The fourth-order valence-corrected chi connectivity index (χ4v) is 3.13. The number of aryl methyl sites for hydroxylation is 2. The Labute approximate surface area is 181 Å². The van der Waals surface area contributed by atoms with E-state index in [4.69, 9.17) is 0 Å². The molecular formula is C24H24N6O. The first kappa shape index (κ1) is 20.3. The van der Waals surface area contributed by atoms with Crippen molar-refractivity contribution in [3.63, 3.8) is 0 Å². The Balaban J connectivity index is 1.32. The van der Waals surface area contributed by atoms with Crippen LogP contribution < -0.4 is 16.0 Å². The molecule has 0 aliphatic heterocycles. The molecule has 7 nitrogen and oxygen atoms in total. The van der Waals surface area contributed by atoms with Crippen LogP contribution in [0.3, 0.4) is 0 Å². The molecule has 7 heteroatoms. The summed E-state index contributed by atoms with van der Waals surface area (Å²) in [6, 6.07) is 21.4. The van der Waals surface area contributed by atoms with E-state index in [9.17, 15) is 4.79 Å². The Morgan fingerprint density at radius 1 is 0.871 bits per heavy atom. The Kier molecular flexibility index (Phi) is 6.03. The van der Waals surface area contributed by atoms with Crippen LogP contribution in [0.5, 0.6) is 0 Å². The first-order chi connectivity index (χ1) is 15.1. The van der Waals surface area contributed by atoms with E-state index in [1.165, 1.54) is 5.56 Å². The number of rotatable bonds is 7. The van der Waals surface area contributed by atoms with Gasteiger partial charge in [0.2, 0.25) is 5.95 Å². The monoisotopic (exact) mass is 412 g/mol. The van der Waals surface area contributed by atoms with Crippen LogP contribution in [0.25, 0.3) is 10.9 Å². The molecule has 0 spiro atoms. The van der Waals surface area contributed by atoms with E-state index in [1.54, 1.807) is 6.07 Å². The van der Waals surface area contributed by atoms with Gasteiger partial charge >= 0.3 is 0 Å². The predicted molar refractivity (Wildman–Crippen MR) is 124 cm³/mol. The van der Waals surface area contributed by atoms with Gasteiger partial charge < -0.3 is 16.0 Å². The summed E-state index contributed by atoms with van der Waals surface area (Å²) >= 11 is 0. The number of hydrogen-bond donors (Lipinski definition) is 3. The molecular weight excluding hydrogens is 388 g/mol. The SMILES string of the molecule is Cc1ccc(Nc2cc(C)nc(NCCNC(=O)c3ccc4ccccc4n3)n2)cc1. The van der Waals surface area contributed by atoms with Crippen LogP contribution in [-0.4, -0.2) is 33.9 Å². The van der Waals surface area contributed by atoms with Crippen molar-refractivity contribution in [2.75, 3.05) is 23.7 Å². The summed E-state index contributed by atoms with van der Waals surface area (Å²) in [5.74, 6) is 1.01. The number of aromatic nitrogens is 3. The molecule has 4 aromatic rings. The number of anilines is 3. The Morgan fingerprint density at radius 3 is 2.52 bits per heavy atom. The zero-order valence-electron chi connectivity index (χ0n) is 17.5. The number of para-hydroxylation sites is 1. The van der Waals surface area contributed by atoms with E-state index in [0.717, 1.165) is 22.3 Å². The molecule has 0 atom stereocenters. The molecule has 0 aliphatic carbocycles. The van der Waals surface area contributed by atoms with Gasteiger partial charge in [-0.1, -0.05) is 42.0 Å². The predicted octanol–water partition coefficient (Wildman–Crippen LogP) is 4.23. The maximum atomic E-state index is 12.4. The van der Waals surface area contributed by atoms with Gasteiger partial charge in [0.05, 0.1) is 5.52 Å². The lowest BCUT2D eigenvalue weighted by molar-refractivity contribution is 0.0950. The highest BCUT2D eigenvalue weighted by molar-refractivity contribution is 5.94. The van der Waals surface area contributed by atoms with Gasteiger partial charge in [-0.2, -0.15) is 4.98 Å². The number of nitrogens with one attached hydrogen (secondary N) is 3. The topological polar surface area (TPSA) is 91.8 Å². The van der Waals surface area contributed by atoms with Crippen molar-refractivity contribution in [2.45, 2.75) is 13.8 Å². The fraction of sp³-hybridized carbons (Fsp3) is 0.167. The zero-order chi connectivity index (χ0) is 21.6. The Morgan fingerprint density at radius 2 is 1.68 bits per heavy atom. The Bertz CT molecular complexity index is 1210. The summed E-state index contributed by atoms with van der Waals surface area (Å²) in [7, 11) is 0. The summed E-state index contributed by atoms with van der Waals surface area (Å²) in [6.45, 7) is 4.88. The largest absolute Gasteiger partial charge is 0.352 e. The van der Waals surface area contributed by atoms with Crippen molar-refractivity contribution in [2.24, 2.45) is 0 Å². The highest BCUT2D eigenvalue weighted by Gasteiger charge is 2.08. The van der Waals surface area contributed by atoms with Crippen molar-refractivity contribution in [3.05, 3.63) is 83.7 Å². The van der Waals surface area contributed by atoms with Crippen LogP contribution >= 0.6 is 0 Å². The summed E-state index contributed by atoms with van der Waals surface area (Å²) in [6.07, 6.45) is 0. The Hall–Kier alpha value is -4.00. The van der Waals surface area contributed by atoms with E-state index in [1.807, 2.05) is 67.6 Å². The third-order valence-electron chi connectivity index (χ3n) is 4.70. The van der Waals surface area contributed by atoms with E-state index in [2.05, 4.69) is 37.8 Å². The molecule has 156 valence electrons. The van der Waals surface area contributed by atoms with Crippen molar-refractivity contribution >= 4 is 34.3 Å². The van der Waals surface area contributed by atoms with Crippen molar-refractivity contribution in [3.8, 4) is 0 Å². The van der Waals surface area contributed by atoms with Gasteiger partial charge in [0, 0.05) is 35.9 Å². The maximum absolute atomic E-state index is 12.4. The molecule has 0 aliphatic rings. The highest BCUT2D eigenvalue weighted by Crippen LogP contribution is 2.17. The number of amides is 1. The van der Waals surface area contributed by atoms with Gasteiger partial charge in [0.15, 0.2) is 0 Å². The number of benzene rings is 2. The minimum absolute atomic E-state index is 0.209. The van der Waals surface area contributed by atoms with Crippen molar-refractivity contribution in [1.82, 2.24) is 20.3 Å². The van der Waals surface area contributed by atoms with E-state index in [0.29, 0.717) is 30.5 Å². The molecule has 1 amide bonds. The molecule has 4 rings (SSSR count). The van der Waals surface area contributed by atoms with Crippen LogP contribution in [0.1, 0.15) is 21.7 Å². The number of nitrogens with zero attached hydrogens (tertiary/aromatic N) is 3. The lowest BCUT2D eigenvalue weighted by atomic mass is 10.2. The first-order valence-corrected chi connectivity index (χ1v) is 10.1. The molecule has 0 saturated carbocycles. The third kappa shape index (κ3) is 5.33. The number of hydrogen-bond acceptors (Lipinski definition) is 6. The number of pyridine rings is 1. The molecule has 31 heavy (non-hydrogen) atoms. The maximum Gasteiger partial charge on any atom is 0.269 e. The minimum Gasteiger partial charge on any atom is -0.352 e. The molecule has 0 bridgehead atoms. The number of carbonyl (C=O) groups is 1.